The minimum absolute atomic E-state index is 0.0532. The van der Waals surface area contributed by atoms with Crippen LogP contribution in [0.3, 0.4) is 0 Å². The summed E-state index contributed by atoms with van der Waals surface area (Å²) in [5.41, 5.74) is 4.52. The van der Waals surface area contributed by atoms with E-state index < -0.39 is 61.4 Å². The fraction of sp³-hybridized carbons (Fsp3) is 0.208. The highest BCUT2D eigenvalue weighted by Crippen LogP contribution is 2.58. The number of aliphatic hydroxyl groups excluding tert-OH is 4. The Bertz CT molecular complexity index is 2610. The van der Waals surface area contributed by atoms with Crippen molar-refractivity contribution in [2.24, 2.45) is 0 Å². The zero-order chi connectivity index (χ0) is 43.4. The van der Waals surface area contributed by atoms with E-state index in [-0.39, 0.29) is 46.0 Å². The second kappa shape index (κ2) is 16.2. The monoisotopic (exact) mass is 842 g/mol. The van der Waals surface area contributed by atoms with E-state index in [9.17, 15) is 51.1 Å². The maximum absolute atomic E-state index is 12.0. The highest BCUT2D eigenvalue weighted by atomic mass is 16.7. The van der Waals surface area contributed by atoms with Gasteiger partial charge in [-0.15, -0.1) is 0 Å². The molecule has 10 N–H and O–H groups in total. The van der Waals surface area contributed by atoms with Crippen LogP contribution in [0.2, 0.25) is 0 Å². The van der Waals surface area contributed by atoms with Gasteiger partial charge in [0.25, 0.3) is 0 Å². The number of rotatable bonds is 9. The van der Waals surface area contributed by atoms with Crippen LogP contribution >= 0.6 is 0 Å². The van der Waals surface area contributed by atoms with Crippen LogP contribution in [0.5, 0.6) is 51.7 Å². The minimum Gasteiger partial charge on any atom is -0.508 e. The van der Waals surface area contributed by atoms with Crippen molar-refractivity contribution in [2.75, 3.05) is 6.61 Å². The first kappa shape index (κ1) is 40.5. The summed E-state index contributed by atoms with van der Waals surface area (Å²) in [5, 5.41) is 105. The zero-order valence-corrected chi connectivity index (χ0v) is 32.6. The third kappa shape index (κ3) is 7.54. The number of benzene rings is 6. The summed E-state index contributed by atoms with van der Waals surface area (Å²) < 4.78 is 24.6. The summed E-state index contributed by atoms with van der Waals surface area (Å²) in [6.07, 6.45) is -5.31. The molecule has 14 nitrogen and oxygen atoms in total. The summed E-state index contributed by atoms with van der Waals surface area (Å²) in [6, 6.07) is 30.5. The summed E-state index contributed by atoms with van der Waals surface area (Å²) in [6.45, 7) is -0.621. The van der Waals surface area contributed by atoms with Gasteiger partial charge in [0.2, 0.25) is 6.29 Å². The van der Waals surface area contributed by atoms with Gasteiger partial charge in [0.1, 0.15) is 88.4 Å². The molecule has 0 unspecified atom stereocenters. The Balaban J connectivity index is 1.09. The standard InChI is InChI=1S/C48H42O14/c49-22-38-43(56)44(57)45(58)48(62-38)59-33-13-7-26(8-14-33)47-39(27-17-31(52)21-32(53)18-27)42-35(55)19-28(20-37(42)61-47)40-41-34(54)15-24(2-1-23-3-9-29(50)10-4-23)16-36(41)60-46(40)25-5-11-30(51)12-6-25/h1-21,38-40,43-58H,22H2/b2-1+/t38-,39+,40+,43-,44+,45-,46-,47-,48-/m1/s1. The van der Waals surface area contributed by atoms with Crippen molar-refractivity contribution >= 4 is 12.2 Å². The number of hydrogen-bond acceptors (Lipinski definition) is 14. The maximum atomic E-state index is 12.0. The van der Waals surface area contributed by atoms with E-state index in [0.717, 1.165) is 5.56 Å². The lowest BCUT2D eigenvalue weighted by molar-refractivity contribution is -0.277. The van der Waals surface area contributed by atoms with Crippen molar-refractivity contribution in [2.45, 2.75) is 54.7 Å². The largest absolute Gasteiger partial charge is 0.508 e. The van der Waals surface area contributed by atoms with Gasteiger partial charge in [0.05, 0.1) is 18.4 Å². The van der Waals surface area contributed by atoms with E-state index in [2.05, 4.69) is 0 Å². The van der Waals surface area contributed by atoms with Gasteiger partial charge in [-0.05, 0) is 106 Å². The number of phenolic OH excluding ortho intramolecular Hbond substituents is 6. The second-order valence-electron chi connectivity index (χ2n) is 15.6. The number of aliphatic hydroxyl groups is 4. The van der Waals surface area contributed by atoms with Crippen molar-refractivity contribution in [3.8, 4) is 51.7 Å². The minimum atomic E-state index is -1.63. The third-order valence-electron chi connectivity index (χ3n) is 11.6. The molecule has 0 spiro atoms. The molecule has 3 heterocycles. The Hall–Kier alpha value is -6.94. The van der Waals surface area contributed by atoms with E-state index >= 15 is 0 Å². The molecule has 0 aliphatic carbocycles. The van der Waals surface area contributed by atoms with Crippen molar-refractivity contribution in [3.63, 3.8) is 0 Å². The molecule has 3 aliphatic heterocycles. The molecule has 0 radical (unpaired) electrons. The number of hydrogen-bond donors (Lipinski definition) is 10. The van der Waals surface area contributed by atoms with Gasteiger partial charge >= 0.3 is 0 Å². The molecule has 3 aliphatic rings. The van der Waals surface area contributed by atoms with Crippen LogP contribution in [0, 0.1) is 0 Å². The van der Waals surface area contributed by atoms with Crippen molar-refractivity contribution in [3.05, 3.63) is 160 Å². The number of fused-ring (bicyclic) bond motifs is 2. The average Bonchev–Trinajstić information content (AvgIpc) is 3.84. The number of aromatic hydroxyl groups is 6. The van der Waals surface area contributed by atoms with Gasteiger partial charge in [0, 0.05) is 17.2 Å². The van der Waals surface area contributed by atoms with Gasteiger partial charge in [0.15, 0.2) is 0 Å². The molecule has 1 saturated heterocycles. The van der Waals surface area contributed by atoms with Crippen LogP contribution in [0.15, 0.2) is 115 Å². The molecule has 0 aromatic heterocycles. The average molecular weight is 843 g/mol. The normalized spacial score (nSPS) is 25.2. The molecule has 6 aromatic carbocycles. The molecule has 14 heteroatoms. The van der Waals surface area contributed by atoms with E-state index in [0.29, 0.717) is 44.7 Å². The molecule has 0 saturated carbocycles. The summed E-state index contributed by atoms with van der Waals surface area (Å²) in [4.78, 5) is 0. The lowest BCUT2D eigenvalue weighted by atomic mass is 9.81. The summed E-state index contributed by atoms with van der Waals surface area (Å²) in [7, 11) is 0. The topological polar surface area (TPSA) is 239 Å². The third-order valence-corrected chi connectivity index (χ3v) is 11.6. The van der Waals surface area contributed by atoms with Gasteiger partial charge in [-0.3, -0.25) is 0 Å². The van der Waals surface area contributed by atoms with Gasteiger partial charge in [-0.25, -0.2) is 0 Å². The Morgan fingerprint density at radius 2 is 1.00 bits per heavy atom. The summed E-state index contributed by atoms with van der Waals surface area (Å²) in [5.74, 6) is -1.02. The van der Waals surface area contributed by atoms with Gasteiger partial charge in [-0.2, -0.15) is 0 Å². The van der Waals surface area contributed by atoms with Crippen LogP contribution in [0.1, 0.15) is 68.6 Å². The van der Waals surface area contributed by atoms with Gasteiger partial charge < -0.3 is 70.0 Å². The van der Waals surface area contributed by atoms with E-state index in [4.69, 9.17) is 18.9 Å². The zero-order valence-electron chi connectivity index (χ0n) is 32.6. The second-order valence-corrected chi connectivity index (χ2v) is 15.6. The molecule has 0 amide bonds. The molecule has 6 aromatic rings. The first-order valence-corrected chi connectivity index (χ1v) is 19.8. The van der Waals surface area contributed by atoms with Crippen LogP contribution in [-0.4, -0.2) is 88.4 Å². The van der Waals surface area contributed by atoms with Crippen molar-refractivity contribution < 1.29 is 70.0 Å². The molecule has 0 bridgehead atoms. The maximum Gasteiger partial charge on any atom is 0.229 e. The molecule has 9 atom stereocenters. The molecule has 318 valence electrons. The van der Waals surface area contributed by atoms with E-state index in [1.165, 1.54) is 30.3 Å². The quantitative estimate of drug-likeness (QED) is 0.0775. The lowest BCUT2D eigenvalue weighted by Gasteiger charge is -2.39. The fourth-order valence-corrected chi connectivity index (χ4v) is 8.55. The molecular weight excluding hydrogens is 801 g/mol. The predicted octanol–water partition coefficient (Wildman–Crippen LogP) is 5.80. The Morgan fingerprint density at radius 1 is 0.484 bits per heavy atom. The van der Waals surface area contributed by atoms with Crippen LogP contribution in [0.4, 0.5) is 0 Å². The highest BCUT2D eigenvalue weighted by molar-refractivity contribution is 5.73. The highest BCUT2D eigenvalue weighted by Gasteiger charge is 2.46. The first-order valence-electron chi connectivity index (χ1n) is 19.8. The summed E-state index contributed by atoms with van der Waals surface area (Å²) >= 11 is 0. The van der Waals surface area contributed by atoms with Crippen LogP contribution in [0.25, 0.3) is 12.2 Å². The predicted molar refractivity (Wildman–Crippen MR) is 222 cm³/mol. The Kier molecular flexibility index (Phi) is 10.5. The Morgan fingerprint density at radius 3 is 1.60 bits per heavy atom. The molecule has 1 fully saturated rings. The smallest absolute Gasteiger partial charge is 0.229 e. The first-order chi connectivity index (χ1) is 29.8. The lowest BCUT2D eigenvalue weighted by Crippen LogP contribution is -2.60. The van der Waals surface area contributed by atoms with Crippen molar-refractivity contribution in [1.29, 1.82) is 0 Å². The van der Waals surface area contributed by atoms with Crippen molar-refractivity contribution in [1.82, 2.24) is 0 Å². The SMILES string of the molecule is OC[C@H]1O[C@@H](Oc2ccc([C@H]3Oc4cc([C@H]5c6c(O)cc(/C=C/c7ccc(O)cc7)cc6O[C@@H]5c5ccc(O)cc5)cc(O)c4[C@@H]3c3cc(O)cc(O)c3)cc2)[C@H](O)[C@@H](O)[C@@H]1O. The number of ether oxygens (including phenoxy) is 4. The number of phenols is 6. The van der Waals surface area contributed by atoms with Gasteiger partial charge in [-0.1, -0.05) is 48.6 Å². The molecule has 62 heavy (non-hydrogen) atoms. The van der Waals surface area contributed by atoms with E-state index in [1.807, 2.05) is 6.08 Å². The van der Waals surface area contributed by atoms with E-state index in [1.54, 1.807) is 91.0 Å². The van der Waals surface area contributed by atoms with Crippen LogP contribution in [-0.2, 0) is 4.74 Å². The fourth-order valence-electron chi connectivity index (χ4n) is 8.55. The Labute approximate surface area is 354 Å². The van der Waals surface area contributed by atoms with Crippen LogP contribution < -0.4 is 14.2 Å². The molecular formula is C48H42O14. The molecule has 9 rings (SSSR count).